The van der Waals surface area contributed by atoms with E-state index >= 15 is 0 Å². The molecule has 1 aromatic carbocycles. The van der Waals surface area contributed by atoms with Crippen LogP contribution in [0.2, 0.25) is 0 Å². The fourth-order valence-electron chi connectivity index (χ4n) is 3.05. The first-order chi connectivity index (χ1) is 10.3. The number of amides is 1. The van der Waals surface area contributed by atoms with Gasteiger partial charge in [-0.2, -0.15) is 0 Å². The van der Waals surface area contributed by atoms with Crippen LogP contribution in [0.4, 0.5) is 0 Å². The van der Waals surface area contributed by atoms with Gasteiger partial charge in [-0.25, -0.2) is 0 Å². The highest BCUT2D eigenvalue weighted by atomic mass is 16.5. The number of carbonyl (C=O) groups excluding carboxylic acids is 1. The maximum atomic E-state index is 13.0. The topological polar surface area (TPSA) is 55.6 Å². The lowest BCUT2D eigenvalue weighted by Crippen LogP contribution is -2.38. The van der Waals surface area contributed by atoms with Crippen molar-refractivity contribution in [3.63, 3.8) is 0 Å². The number of nitrogens with zero attached hydrogens (tertiary/aromatic N) is 1. The second-order valence-electron chi connectivity index (χ2n) is 6.11. The number of hydrogen-bond donors (Lipinski definition) is 1. The number of ether oxygens (including phenoxy) is 1. The first-order valence-corrected chi connectivity index (χ1v) is 7.96. The van der Waals surface area contributed by atoms with Gasteiger partial charge in [0.2, 0.25) is 0 Å². The van der Waals surface area contributed by atoms with Crippen molar-refractivity contribution in [3.8, 4) is 0 Å². The Kier molecular flexibility index (Phi) is 4.56. The Morgan fingerprint density at radius 3 is 2.76 bits per heavy atom. The van der Waals surface area contributed by atoms with Crippen LogP contribution in [0, 0.1) is 5.92 Å². The van der Waals surface area contributed by atoms with Crippen molar-refractivity contribution in [2.75, 3.05) is 26.3 Å². The molecule has 1 atom stereocenters. The highest BCUT2D eigenvalue weighted by Gasteiger charge is 2.35. The molecule has 1 aromatic rings. The van der Waals surface area contributed by atoms with Crippen LogP contribution >= 0.6 is 0 Å². The zero-order chi connectivity index (χ0) is 14.7. The largest absolute Gasteiger partial charge is 0.381 e. The first-order valence-electron chi connectivity index (χ1n) is 7.96. The van der Waals surface area contributed by atoms with Crippen molar-refractivity contribution < 1.29 is 9.53 Å². The predicted molar refractivity (Wildman–Crippen MR) is 82.2 cm³/mol. The summed E-state index contributed by atoms with van der Waals surface area (Å²) in [7, 11) is 0. The van der Waals surface area contributed by atoms with Crippen LogP contribution in [-0.4, -0.2) is 43.2 Å². The van der Waals surface area contributed by atoms with Gasteiger partial charge >= 0.3 is 0 Å². The Labute approximate surface area is 126 Å². The van der Waals surface area contributed by atoms with Gasteiger partial charge in [-0.3, -0.25) is 4.79 Å². The third-order valence-corrected chi connectivity index (χ3v) is 4.39. The van der Waals surface area contributed by atoms with E-state index in [1.54, 1.807) is 0 Å². The summed E-state index contributed by atoms with van der Waals surface area (Å²) in [5.74, 6) is 0.671. The summed E-state index contributed by atoms with van der Waals surface area (Å²) in [6.07, 6.45) is 4.10. The molecule has 3 rings (SSSR count). The molecule has 0 radical (unpaired) electrons. The Bertz CT molecular complexity index is 493. The summed E-state index contributed by atoms with van der Waals surface area (Å²) < 4.78 is 5.45. The van der Waals surface area contributed by atoms with E-state index in [1.165, 1.54) is 0 Å². The highest BCUT2D eigenvalue weighted by Crippen LogP contribution is 2.31. The van der Waals surface area contributed by atoms with Crippen molar-refractivity contribution in [1.82, 2.24) is 4.90 Å². The molecule has 1 saturated carbocycles. The molecule has 2 aliphatic rings. The van der Waals surface area contributed by atoms with E-state index in [-0.39, 0.29) is 5.91 Å². The molecule has 4 heteroatoms. The van der Waals surface area contributed by atoms with E-state index in [2.05, 4.69) is 4.90 Å². The van der Waals surface area contributed by atoms with Crippen molar-refractivity contribution in [2.24, 2.45) is 11.7 Å². The number of rotatable bonds is 6. The van der Waals surface area contributed by atoms with Gasteiger partial charge in [0, 0.05) is 30.7 Å². The predicted octanol–water partition coefficient (Wildman–Crippen LogP) is 1.83. The minimum Gasteiger partial charge on any atom is -0.381 e. The minimum atomic E-state index is 0.174. The van der Waals surface area contributed by atoms with Gasteiger partial charge in [0.25, 0.3) is 5.91 Å². The standard InChI is InChI=1S/C17H24N2O2/c18-9-7-14-3-1-2-4-16(14)17(20)19(15-5-6-15)11-13-8-10-21-12-13/h1-4,13,15H,5-12,18H2. The number of nitrogens with two attached hydrogens (primary N) is 1. The molecule has 21 heavy (non-hydrogen) atoms. The van der Waals surface area contributed by atoms with E-state index in [0.717, 1.165) is 56.6 Å². The summed E-state index contributed by atoms with van der Waals surface area (Å²) >= 11 is 0. The van der Waals surface area contributed by atoms with E-state index in [0.29, 0.717) is 18.5 Å². The van der Waals surface area contributed by atoms with Gasteiger partial charge in [-0.15, -0.1) is 0 Å². The Morgan fingerprint density at radius 1 is 1.29 bits per heavy atom. The van der Waals surface area contributed by atoms with Crippen molar-refractivity contribution in [2.45, 2.75) is 31.7 Å². The minimum absolute atomic E-state index is 0.174. The molecule has 1 aliphatic heterocycles. The lowest BCUT2D eigenvalue weighted by molar-refractivity contribution is 0.0705. The molecule has 114 valence electrons. The Morgan fingerprint density at radius 2 is 2.10 bits per heavy atom. The van der Waals surface area contributed by atoms with Crippen LogP contribution in [0.1, 0.15) is 35.2 Å². The van der Waals surface area contributed by atoms with Gasteiger partial charge < -0.3 is 15.4 Å². The van der Waals surface area contributed by atoms with Crippen molar-refractivity contribution >= 4 is 5.91 Å². The van der Waals surface area contributed by atoms with Crippen LogP contribution in [-0.2, 0) is 11.2 Å². The summed E-state index contributed by atoms with van der Waals surface area (Å²) in [4.78, 5) is 15.0. The molecule has 0 bridgehead atoms. The lowest BCUT2D eigenvalue weighted by Gasteiger charge is -2.26. The Balaban J connectivity index is 1.77. The molecule has 0 aromatic heterocycles. The van der Waals surface area contributed by atoms with Crippen LogP contribution in [0.5, 0.6) is 0 Å². The summed E-state index contributed by atoms with van der Waals surface area (Å²) in [5.41, 5.74) is 7.56. The normalized spacial score (nSPS) is 21.5. The molecular formula is C17H24N2O2. The molecule has 1 unspecified atom stereocenters. The summed E-state index contributed by atoms with van der Waals surface area (Å²) in [6.45, 7) is 3.03. The van der Waals surface area contributed by atoms with Crippen molar-refractivity contribution in [1.29, 1.82) is 0 Å². The smallest absolute Gasteiger partial charge is 0.254 e. The molecule has 1 amide bonds. The molecule has 2 fully saturated rings. The third kappa shape index (κ3) is 3.44. The van der Waals surface area contributed by atoms with Crippen LogP contribution < -0.4 is 5.73 Å². The van der Waals surface area contributed by atoms with Gasteiger partial charge in [0.15, 0.2) is 0 Å². The summed E-state index contributed by atoms with van der Waals surface area (Å²) in [6, 6.07) is 8.31. The number of hydrogen-bond acceptors (Lipinski definition) is 3. The highest BCUT2D eigenvalue weighted by molar-refractivity contribution is 5.96. The van der Waals surface area contributed by atoms with E-state index in [4.69, 9.17) is 10.5 Å². The fourth-order valence-corrected chi connectivity index (χ4v) is 3.05. The fraction of sp³-hybridized carbons (Fsp3) is 0.588. The molecular weight excluding hydrogens is 264 g/mol. The van der Waals surface area contributed by atoms with Crippen molar-refractivity contribution in [3.05, 3.63) is 35.4 Å². The maximum absolute atomic E-state index is 13.0. The second-order valence-corrected chi connectivity index (χ2v) is 6.11. The number of benzene rings is 1. The molecule has 1 aliphatic carbocycles. The van der Waals surface area contributed by atoms with Gasteiger partial charge in [0.05, 0.1) is 6.61 Å². The second kappa shape index (κ2) is 6.58. The average molecular weight is 288 g/mol. The monoisotopic (exact) mass is 288 g/mol. The Hall–Kier alpha value is -1.39. The SMILES string of the molecule is NCCc1ccccc1C(=O)N(CC1CCOC1)C1CC1. The zero-order valence-electron chi connectivity index (χ0n) is 12.5. The molecule has 2 N–H and O–H groups in total. The molecule has 1 saturated heterocycles. The van der Waals surface area contributed by atoms with Gasteiger partial charge in [-0.05, 0) is 43.9 Å². The quantitative estimate of drug-likeness (QED) is 0.869. The van der Waals surface area contributed by atoms with E-state index < -0.39 is 0 Å². The zero-order valence-corrected chi connectivity index (χ0v) is 12.5. The van der Waals surface area contributed by atoms with Crippen LogP contribution in [0.25, 0.3) is 0 Å². The first kappa shape index (κ1) is 14.5. The summed E-state index contributed by atoms with van der Waals surface area (Å²) in [5, 5.41) is 0. The van der Waals surface area contributed by atoms with E-state index in [1.807, 2.05) is 24.3 Å². The van der Waals surface area contributed by atoms with Gasteiger partial charge in [-0.1, -0.05) is 18.2 Å². The van der Waals surface area contributed by atoms with E-state index in [9.17, 15) is 4.79 Å². The van der Waals surface area contributed by atoms with Gasteiger partial charge in [0.1, 0.15) is 0 Å². The lowest BCUT2D eigenvalue weighted by atomic mass is 10.0. The maximum Gasteiger partial charge on any atom is 0.254 e. The third-order valence-electron chi connectivity index (χ3n) is 4.39. The number of carbonyl (C=O) groups is 1. The molecule has 4 nitrogen and oxygen atoms in total. The molecule has 0 spiro atoms. The molecule has 1 heterocycles. The van der Waals surface area contributed by atoms with Crippen LogP contribution in [0.15, 0.2) is 24.3 Å². The van der Waals surface area contributed by atoms with Crippen LogP contribution in [0.3, 0.4) is 0 Å². The average Bonchev–Trinajstić information content (AvgIpc) is 3.21.